The highest BCUT2D eigenvalue weighted by atomic mass is 31.2. The summed E-state index contributed by atoms with van der Waals surface area (Å²) < 4.78 is 24.8. The Hall–Kier alpha value is -1.74. The van der Waals surface area contributed by atoms with E-state index in [0.29, 0.717) is 6.16 Å². The number of ether oxygens (including phenoxy) is 2. The number of aromatic nitrogens is 2. The van der Waals surface area contributed by atoms with E-state index in [1.54, 1.807) is 20.3 Å². The Morgan fingerprint density at radius 3 is 2.68 bits per heavy atom. The Morgan fingerprint density at radius 1 is 1.46 bits per heavy atom. The van der Waals surface area contributed by atoms with Crippen LogP contribution in [0.5, 0.6) is 0 Å². The van der Waals surface area contributed by atoms with Gasteiger partial charge >= 0.3 is 5.69 Å². The number of H-pyrrole nitrogens is 1. The highest BCUT2D eigenvalue weighted by molar-refractivity contribution is 7.62. The largest absolute Gasteiger partial charge is 0.387 e. The summed E-state index contributed by atoms with van der Waals surface area (Å²) in [6.07, 6.45) is -2.33. The van der Waals surface area contributed by atoms with E-state index < -0.39 is 48.8 Å². The van der Waals surface area contributed by atoms with E-state index in [0.717, 1.165) is 4.57 Å². The normalized spacial score (nSPS) is 26.2. The first kappa shape index (κ1) is 22.5. The van der Waals surface area contributed by atoms with Gasteiger partial charge in [0.25, 0.3) is 5.56 Å². The lowest BCUT2D eigenvalue weighted by molar-refractivity contribution is -0.132. The summed E-state index contributed by atoms with van der Waals surface area (Å²) in [7, 11) is -0.934. The zero-order valence-electron chi connectivity index (χ0n) is 16.7. The Morgan fingerprint density at radius 2 is 2.11 bits per heavy atom. The zero-order valence-corrected chi connectivity index (χ0v) is 17.6. The number of hydrogen-bond acceptors (Lipinski definition) is 7. The first-order valence-corrected chi connectivity index (χ1v) is 11.7. The SMILES string of the molecule is CNC(=O)CO[C@@H]1[C@H](O)[C@@H]([C@@H](C)CP(C)(C)=O)O[C@H]1n1cc(C)c(=O)[nH]c1=O. The van der Waals surface area contributed by atoms with Gasteiger partial charge in [0.2, 0.25) is 5.91 Å². The summed E-state index contributed by atoms with van der Waals surface area (Å²) in [5, 5.41) is 13.2. The molecule has 2 heterocycles. The molecule has 0 radical (unpaired) electrons. The van der Waals surface area contributed by atoms with E-state index in [-0.39, 0.29) is 18.1 Å². The van der Waals surface area contributed by atoms with Crippen molar-refractivity contribution in [2.75, 3.05) is 33.1 Å². The van der Waals surface area contributed by atoms with Crippen molar-refractivity contribution in [3.63, 3.8) is 0 Å². The van der Waals surface area contributed by atoms with Gasteiger partial charge in [-0.25, -0.2) is 4.79 Å². The van der Waals surface area contributed by atoms with Crippen LogP contribution in [0.3, 0.4) is 0 Å². The number of aryl methyl sites for hydroxylation is 1. The van der Waals surface area contributed by atoms with E-state index in [2.05, 4.69) is 10.3 Å². The third kappa shape index (κ3) is 5.20. The van der Waals surface area contributed by atoms with Crippen molar-refractivity contribution < 1.29 is 23.9 Å². The first-order valence-electron chi connectivity index (χ1n) is 8.96. The molecule has 11 heteroatoms. The van der Waals surface area contributed by atoms with Crippen LogP contribution in [0.25, 0.3) is 0 Å². The van der Waals surface area contributed by atoms with E-state index >= 15 is 0 Å². The topological polar surface area (TPSA) is 140 Å². The molecule has 5 atom stereocenters. The minimum Gasteiger partial charge on any atom is -0.387 e. The molecule has 1 aliphatic rings. The number of aromatic amines is 1. The molecule has 1 saturated heterocycles. The average molecular weight is 417 g/mol. The fourth-order valence-electron chi connectivity index (χ4n) is 3.37. The molecular weight excluding hydrogens is 389 g/mol. The third-order valence-corrected chi connectivity index (χ3v) is 6.10. The number of aliphatic hydroxyl groups excluding tert-OH is 1. The van der Waals surface area contributed by atoms with Gasteiger partial charge in [0.15, 0.2) is 6.23 Å². The van der Waals surface area contributed by atoms with Gasteiger partial charge in [-0.1, -0.05) is 6.92 Å². The van der Waals surface area contributed by atoms with E-state index in [4.69, 9.17) is 9.47 Å². The van der Waals surface area contributed by atoms with Crippen molar-refractivity contribution in [1.82, 2.24) is 14.9 Å². The van der Waals surface area contributed by atoms with Crippen molar-refractivity contribution in [1.29, 1.82) is 0 Å². The number of nitrogens with zero attached hydrogens (tertiary/aromatic N) is 1. The number of amides is 1. The van der Waals surface area contributed by atoms with Crippen LogP contribution in [0.1, 0.15) is 18.7 Å². The fraction of sp³-hybridized carbons (Fsp3) is 0.706. The molecule has 2 rings (SSSR count). The molecule has 0 bridgehead atoms. The number of carbonyl (C=O) groups is 1. The number of aliphatic hydroxyl groups is 1. The van der Waals surface area contributed by atoms with E-state index in [1.807, 2.05) is 0 Å². The van der Waals surface area contributed by atoms with Gasteiger partial charge in [-0.3, -0.25) is 19.1 Å². The summed E-state index contributed by atoms with van der Waals surface area (Å²) >= 11 is 0. The summed E-state index contributed by atoms with van der Waals surface area (Å²) in [5.41, 5.74) is -0.956. The predicted octanol–water partition coefficient (Wildman–Crippen LogP) is -0.507. The second kappa shape index (κ2) is 8.73. The zero-order chi connectivity index (χ0) is 21.2. The van der Waals surface area contributed by atoms with E-state index in [1.165, 1.54) is 20.2 Å². The second-order valence-corrected chi connectivity index (χ2v) is 11.2. The van der Waals surface area contributed by atoms with Gasteiger partial charge in [-0.05, 0) is 26.2 Å². The maximum Gasteiger partial charge on any atom is 0.330 e. The maximum absolute atomic E-state index is 12.3. The lowest BCUT2D eigenvalue weighted by Crippen LogP contribution is -2.41. The fourth-order valence-corrected chi connectivity index (χ4v) is 4.96. The number of hydrogen-bond donors (Lipinski definition) is 3. The van der Waals surface area contributed by atoms with Gasteiger partial charge in [-0.15, -0.1) is 0 Å². The molecule has 0 unspecified atom stereocenters. The number of carbonyl (C=O) groups excluding carboxylic acids is 1. The standard InChI is InChI=1S/C17H28N3O7P/c1-9-6-20(17(24)19-15(9)23)16-14(26-7-11(21)18-3)12(22)13(27-16)10(2)8-28(4,5)25/h6,10,12-14,16,22H,7-8H2,1-5H3,(H,18,21)(H,19,23,24)/t10-,12+,13+,14+,16+/m0/s1. The Balaban J connectivity index is 2.38. The minimum absolute atomic E-state index is 0.283. The molecule has 0 aliphatic carbocycles. The monoisotopic (exact) mass is 417 g/mol. The number of rotatable bonds is 7. The lowest BCUT2D eigenvalue weighted by atomic mass is 10.00. The van der Waals surface area contributed by atoms with E-state index in [9.17, 15) is 24.1 Å². The van der Waals surface area contributed by atoms with Crippen LogP contribution in [0.4, 0.5) is 0 Å². The Labute approximate surface area is 162 Å². The van der Waals surface area contributed by atoms with Gasteiger partial charge < -0.3 is 24.5 Å². The molecule has 1 aliphatic heterocycles. The molecule has 1 fully saturated rings. The lowest BCUT2D eigenvalue weighted by Gasteiger charge is -2.24. The van der Waals surface area contributed by atoms with Crippen molar-refractivity contribution >= 4 is 13.0 Å². The molecule has 158 valence electrons. The van der Waals surface area contributed by atoms with Crippen molar-refractivity contribution in [3.05, 3.63) is 32.6 Å². The molecule has 1 amide bonds. The predicted molar refractivity (Wildman–Crippen MR) is 103 cm³/mol. The molecule has 3 N–H and O–H groups in total. The highest BCUT2D eigenvalue weighted by Crippen LogP contribution is 2.42. The molecule has 0 spiro atoms. The molecule has 28 heavy (non-hydrogen) atoms. The summed E-state index contributed by atoms with van der Waals surface area (Å²) in [6, 6.07) is 0. The van der Waals surface area contributed by atoms with Gasteiger partial charge in [0.1, 0.15) is 18.8 Å². The summed E-state index contributed by atoms with van der Waals surface area (Å²) in [5.74, 6) is -0.689. The number of likely N-dealkylation sites (N-methyl/N-ethyl adjacent to an activating group) is 1. The van der Waals surface area contributed by atoms with Crippen LogP contribution < -0.4 is 16.6 Å². The van der Waals surface area contributed by atoms with Gasteiger partial charge in [0.05, 0.1) is 13.2 Å². The molecule has 1 aromatic heterocycles. The molecule has 0 aromatic carbocycles. The average Bonchev–Trinajstić information content (AvgIpc) is 2.91. The van der Waals surface area contributed by atoms with Crippen molar-refractivity contribution in [3.8, 4) is 0 Å². The quantitative estimate of drug-likeness (QED) is 0.508. The van der Waals surface area contributed by atoms with Crippen LogP contribution >= 0.6 is 7.14 Å². The smallest absolute Gasteiger partial charge is 0.330 e. The Kier molecular flexibility index (Phi) is 7.03. The van der Waals surface area contributed by atoms with Crippen LogP contribution in [0.2, 0.25) is 0 Å². The first-order chi connectivity index (χ1) is 12.9. The second-order valence-electron chi connectivity index (χ2n) is 7.64. The van der Waals surface area contributed by atoms with Crippen LogP contribution in [-0.2, 0) is 18.8 Å². The number of nitrogens with one attached hydrogen (secondary N) is 2. The van der Waals surface area contributed by atoms with Crippen molar-refractivity contribution in [2.45, 2.75) is 38.4 Å². The maximum atomic E-state index is 12.3. The summed E-state index contributed by atoms with van der Waals surface area (Å²) in [4.78, 5) is 37.7. The van der Waals surface area contributed by atoms with Crippen LogP contribution in [0.15, 0.2) is 15.8 Å². The molecule has 10 nitrogen and oxygen atoms in total. The van der Waals surface area contributed by atoms with Crippen LogP contribution in [-0.4, -0.2) is 72.0 Å². The highest BCUT2D eigenvalue weighted by Gasteiger charge is 2.48. The van der Waals surface area contributed by atoms with Crippen molar-refractivity contribution in [2.24, 2.45) is 5.92 Å². The molecular formula is C17H28N3O7P. The van der Waals surface area contributed by atoms with Crippen LogP contribution in [0, 0.1) is 12.8 Å². The van der Waals surface area contributed by atoms with Gasteiger partial charge in [-0.2, -0.15) is 0 Å². The molecule has 1 aromatic rings. The summed E-state index contributed by atoms with van der Waals surface area (Å²) in [6.45, 7) is 6.30. The minimum atomic E-state index is -2.38. The third-order valence-electron chi connectivity index (χ3n) is 4.65. The van der Waals surface area contributed by atoms with Gasteiger partial charge in [0, 0.05) is 25.0 Å². The molecule has 0 saturated carbocycles. The Bertz CT molecular complexity index is 874.